The molecule has 0 fully saturated rings. The second-order valence-corrected chi connectivity index (χ2v) is 4.20. The SMILES string of the molecule is C/C(=N/Nc1nnc(C)c(=O)[nH]1)c1cccc([N+](=O)[O-])c1. The van der Waals surface area contributed by atoms with Gasteiger partial charge in [-0.1, -0.05) is 12.1 Å². The summed E-state index contributed by atoms with van der Waals surface area (Å²) in [5, 5.41) is 22.1. The molecule has 9 nitrogen and oxygen atoms in total. The first-order chi connectivity index (χ1) is 9.97. The van der Waals surface area contributed by atoms with E-state index in [2.05, 4.69) is 25.7 Å². The molecule has 0 bridgehead atoms. The van der Waals surface area contributed by atoms with Crippen molar-refractivity contribution in [2.45, 2.75) is 13.8 Å². The van der Waals surface area contributed by atoms with E-state index in [9.17, 15) is 14.9 Å². The minimum Gasteiger partial charge on any atom is -0.288 e. The fourth-order valence-electron chi connectivity index (χ4n) is 1.49. The maximum Gasteiger partial charge on any atom is 0.274 e. The molecule has 0 aliphatic rings. The normalized spacial score (nSPS) is 11.2. The minimum absolute atomic E-state index is 0.0226. The maximum absolute atomic E-state index is 11.4. The number of nitro benzene ring substituents is 1. The summed E-state index contributed by atoms with van der Waals surface area (Å²) < 4.78 is 0. The number of H-pyrrole nitrogens is 1. The van der Waals surface area contributed by atoms with Gasteiger partial charge >= 0.3 is 0 Å². The molecule has 0 unspecified atom stereocenters. The first-order valence-electron chi connectivity index (χ1n) is 5.96. The summed E-state index contributed by atoms with van der Waals surface area (Å²) in [5.74, 6) is 0.0929. The Kier molecular flexibility index (Phi) is 4.02. The van der Waals surface area contributed by atoms with Crippen molar-refractivity contribution in [3.63, 3.8) is 0 Å². The van der Waals surface area contributed by atoms with Gasteiger partial charge in [-0.15, -0.1) is 10.2 Å². The molecule has 1 heterocycles. The summed E-state index contributed by atoms with van der Waals surface area (Å²) in [6, 6.07) is 6.06. The van der Waals surface area contributed by atoms with Crippen molar-refractivity contribution in [3.8, 4) is 0 Å². The Morgan fingerprint density at radius 2 is 2.19 bits per heavy atom. The number of hydrazone groups is 1. The van der Waals surface area contributed by atoms with Crippen molar-refractivity contribution in [1.29, 1.82) is 0 Å². The molecule has 108 valence electrons. The van der Waals surface area contributed by atoms with Gasteiger partial charge in [-0.2, -0.15) is 5.10 Å². The maximum atomic E-state index is 11.4. The van der Waals surface area contributed by atoms with Crippen molar-refractivity contribution in [3.05, 3.63) is 56.0 Å². The Balaban J connectivity index is 2.21. The van der Waals surface area contributed by atoms with E-state index in [0.29, 0.717) is 11.3 Å². The van der Waals surface area contributed by atoms with E-state index in [0.717, 1.165) is 0 Å². The average Bonchev–Trinajstić information content (AvgIpc) is 2.48. The number of benzene rings is 1. The molecule has 0 aliphatic heterocycles. The number of non-ortho nitro benzene ring substituents is 1. The summed E-state index contributed by atoms with van der Waals surface area (Å²) in [6.45, 7) is 3.21. The molecule has 0 spiro atoms. The van der Waals surface area contributed by atoms with Crippen molar-refractivity contribution in [1.82, 2.24) is 15.2 Å². The van der Waals surface area contributed by atoms with Gasteiger partial charge in [-0.05, 0) is 13.8 Å². The molecule has 2 rings (SSSR count). The lowest BCUT2D eigenvalue weighted by Crippen LogP contribution is -2.16. The third kappa shape index (κ3) is 3.47. The van der Waals surface area contributed by atoms with Crippen LogP contribution in [-0.2, 0) is 0 Å². The van der Waals surface area contributed by atoms with Gasteiger partial charge in [0.05, 0.1) is 10.6 Å². The predicted octanol–water partition coefficient (Wildman–Crippen LogP) is 1.22. The molecule has 1 aromatic heterocycles. The zero-order valence-corrected chi connectivity index (χ0v) is 11.3. The van der Waals surface area contributed by atoms with E-state index in [4.69, 9.17) is 0 Å². The highest BCUT2D eigenvalue weighted by Gasteiger charge is 2.07. The number of anilines is 1. The van der Waals surface area contributed by atoms with Crippen LogP contribution in [0, 0.1) is 17.0 Å². The molecule has 2 aromatic rings. The number of aromatic nitrogens is 3. The van der Waals surface area contributed by atoms with Crippen LogP contribution >= 0.6 is 0 Å². The van der Waals surface area contributed by atoms with Crippen LogP contribution in [0.1, 0.15) is 18.2 Å². The lowest BCUT2D eigenvalue weighted by atomic mass is 10.1. The van der Waals surface area contributed by atoms with Gasteiger partial charge in [0.25, 0.3) is 11.2 Å². The van der Waals surface area contributed by atoms with Gasteiger partial charge in [0.15, 0.2) is 0 Å². The highest BCUT2D eigenvalue weighted by Crippen LogP contribution is 2.13. The molecule has 1 aromatic carbocycles. The van der Waals surface area contributed by atoms with Gasteiger partial charge in [-0.3, -0.25) is 19.9 Å². The molecular weight excluding hydrogens is 276 g/mol. The topological polar surface area (TPSA) is 126 Å². The van der Waals surface area contributed by atoms with Crippen molar-refractivity contribution >= 4 is 17.3 Å². The van der Waals surface area contributed by atoms with E-state index in [1.54, 1.807) is 19.1 Å². The molecular formula is C12H12N6O3. The summed E-state index contributed by atoms with van der Waals surface area (Å²) in [7, 11) is 0. The molecule has 0 radical (unpaired) electrons. The Morgan fingerprint density at radius 3 is 2.86 bits per heavy atom. The van der Waals surface area contributed by atoms with E-state index >= 15 is 0 Å². The molecule has 0 amide bonds. The quantitative estimate of drug-likeness (QED) is 0.494. The average molecular weight is 288 g/mol. The molecule has 0 saturated carbocycles. The lowest BCUT2D eigenvalue weighted by molar-refractivity contribution is -0.384. The number of nitrogens with one attached hydrogen (secondary N) is 2. The van der Waals surface area contributed by atoms with Crippen molar-refractivity contribution < 1.29 is 4.92 Å². The Bertz CT molecular complexity index is 768. The number of rotatable bonds is 4. The largest absolute Gasteiger partial charge is 0.288 e. The first kappa shape index (κ1) is 14.3. The molecule has 2 N–H and O–H groups in total. The minimum atomic E-state index is -0.479. The third-order valence-corrected chi connectivity index (χ3v) is 2.66. The zero-order chi connectivity index (χ0) is 15.4. The number of nitro groups is 1. The molecule has 0 atom stereocenters. The van der Waals surface area contributed by atoms with Gasteiger partial charge in [0.1, 0.15) is 5.69 Å². The van der Waals surface area contributed by atoms with E-state index < -0.39 is 4.92 Å². The second-order valence-electron chi connectivity index (χ2n) is 4.20. The van der Waals surface area contributed by atoms with Gasteiger partial charge in [-0.25, -0.2) is 5.43 Å². The van der Waals surface area contributed by atoms with E-state index in [-0.39, 0.29) is 22.9 Å². The summed E-state index contributed by atoms with van der Waals surface area (Å²) in [6.07, 6.45) is 0. The zero-order valence-electron chi connectivity index (χ0n) is 11.3. The Hall–Kier alpha value is -3.10. The lowest BCUT2D eigenvalue weighted by Gasteiger charge is -2.02. The number of aryl methyl sites for hydroxylation is 1. The summed E-state index contributed by atoms with van der Waals surface area (Å²) >= 11 is 0. The second kappa shape index (κ2) is 5.90. The van der Waals surface area contributed by atoms with E-state index in [1.165, 1.54) is 19.1 Å². The van der Waals surface area contributed by atoms with Crippen LogP contribution in [-0.4, -0.2) is 25.8 Å². The number of aromatic amines is 1. The summed E-state index contributed by atoms with van der Waals surface area (Å²) in [4.78, 5) is 24.0. The van der Waals surface area contributed by atoms with Crippen LogP contribution < -0.4 is 11.0 Å². The van der Waals surface area contributed by atoms with Crippen LogP contribution in [0.3, 0.4) is 0 Å². The van der Waals surface area contributed by atoms with Crippen LogP contribution in [0.2, 0.25) is 0 Å². The molecule has 9 heteroatoms. The van der Waals surface area contributed by atoms with Gasteiger partial charge < -0.3 is 0 Å². The van der Waals surface area contributed by atoms with Crippen LogP contribution in [0.5, 0.6) is 0 Å². The fraction of sp³-hybridized carbons (Fsp3) is 0.167. The van der Waals surface area contributed by atoms with E-state index in [1.807, 2.05) is 0 Å². The monoisotopic (exact) mass is 288 g/mol. The highest BCUT2D eigenvalue weighted by molar-refractivity contribution is 5.99. The van der Waals surface area contributed by atoms with Gasteiger partial charge in [0, 0.05) is 17.7 Å². The molecule has 0 saturated heterocycles. The fourth-order valence-corrected chi connectivity index (χ4v) is 1.49. The molecule has 0 aliphatic carbocycles. The highest BCUT2D eigenvalue weighted by atomic mass is 16.6. The number of hydrogen-bond donors (Lipinski definition) is 2. The smallest absolute Gasteiger partial charge is 0.274 e. The predicted molar refractivity (Wildman–Crippen MR) is 76.3 cm³/mol. The van der Waals surface area contributed by atoms with Crippen LogP contribution in [0.4, 0.5) is 11.6 Å². The van der Waals surface area contributed by atoms with Gasteiger partial charge in [0.2, 0.25) is 5.95 Å². The molecule has 21 heavy (non-hydrogen) atoms. The van der Waals surface area contributed by atoms with Crippen molar-refractivity contribution in [2.75, 3.05) is 5.43 Å². The Morgan fingerprint density at radius 1 is 1.43 bits per heavy atom. The first-order valence-corrected chi connectivity index (χ1v) is 5.96. The third-order valence-electron chi connectivity index (χ3n) is 2.66. The Labute approximate surface area is 118 Å². The standard InChI is InChI=1S/C12H12N6O3/c1-7(9-4-3-5-10(6-9)18(20)21)14-16-12-13-11(19)8(2)15-17-12/h3-6H,1-2H3,(H2,13,16,17,19)/b14-7-. The number of nitrogens with zero attached hydrogens (tertiary/aromatic N) is 4. The van der Waals surface area contributed by atoms with Crippen molar-refractivity contribution in [2.24, 2.45) is 5.10 Å². The number of hydrogen-bond acceptors (Lipinski definition) is 7. The van der Waals surface area contributed by atoms with Crippen LogP contribution in [0.25, 0.3) is 0 Å². The van der Waals surface area contributed by atoms with Crippen LogP contribution in [0.15, 0.2) is 34.2 Å². The summed E-state index contributed by atoms with van der Waals surface area (Å²) in [5.41, 5.74) is 3.50.